The standard InChI is InChI=1S/C27H27FN4O2/c1-17(14-29-2)18-7-5-8-19(12-18)26-25-21(16-30-23(25)10-11-33)13-24(32-26)27(34)31-15-20-6-3-4-9-22(20)28/h3-9,12-14,23,30,33H,1,10-11,15-16H2,2H3,(H,31,34)/t23-/m1/s1. The van der Waals surface area contributed by atoms with E-state index in [9.17, 15) is 14.3 Å². The highest BCUT2D eigenvalue weighted by Crippen LogP contribution is 2.36. The smallest absolute Gasteiger partial charge is 0.270 e. The topological polar surface area (TPSA) is 86.6 Å². The van der Waals surface area contributed by atoms with Crippen molar-refractivity contribution in [2.75, 3.05) is 13.7 Å². The number of amides is 1. The molecule has 1 atom stereocenters. The number of fused-ring (bicyclic) bond motifs is 1. The van der Waals surface area contributed by atoms with Crippen LogP contribution >= 0.6 is 0 Å². The summed E-state index contributed by atoms with van der Waals surface area (Å²) < 4.78 is 14.0. The molecule has 34 heavy (non-hydrogen) atoms. The maximum atomic E-state index is 14.0. The molecule has 0 bridgehead atoms. The summed E-state index contributed by atoms with van der Waals surface area (Å²) in [7, 11) is 1.69. The van der Waals surface area contributed by atoms with E-state index in [1.165, 1.54) is 6.07 Å². The molecule has 1 aliphatic heterocycles. The summed E-state index contributed by atoms with van der Waals surface area (Å²) in [5.41, 5.74) is 5.80. The molecule has 0 spiro atoms. The molecule has 1 aromatic heterocycles. The minimum Gasteiger partial charge on any atom is -0.396 e. The second-order valence-corrected chi connectivity index (χ2v) is 8.14. The lowest BCUT2D eigenvalue weighted by Crippen LogP contribution is -2.25. The number of hydrogen-bond acceptors (Lipinski definition) is 5. The van der Waals surface area contributed by atoms with E-state index in [-0.39, 0.29) is 36.6 Å². The lowest BCUT2D eigenvalue weighted by atomic mass is 9.94. The minimum absolute atomic E-state index is 0.0330. The van der Waals surface area contributed by atoms with Gasteiger partial charge in [-0.3, -0.25) is 9.79 Å². The zero-order chi connectivity index (χ0) is 24.1. The highest BCUT2D eigenvalue weighted by Gasteiger charge is 2.28. The second kappa shape index (κ2) is 10.5. The Hall–Kier alpha value is -3.68. The molecular weight excluding hydrogens is 431 g/mol. The fourth-order valence-corrected chi connectivity index (χ4v) is 4.19. The number of pyridine rings is 1. The van der Waals surface area contributed by atoms with Gasteiger partial charge in [-0.15, -0.1) is 0 Å². The molecule has 174 valence electrons. The molecule has 0 aliphatic carbocycles. The third-order valence-electron chi connectivity index (χ3n) is 5.87. The molecule has 3 aromatic rings. The van der Waals surface area contributed by atoms with Crippen LogP contribution in [0.15, 0.2) is 66.2 Å². The lowest BCUT2D eigenvalue weighted by Gasteiger charge is -2.17. The van der Waals surface area contributed by atoms with Gasteiger partial charge < -0.3 is 15.7 Å². The number of aliphatic hydroxyl groups is 1. The van der Waals surface area contributed by atoms with Crippen molar-refractivity contribution in [3.05, 3.63) is 94.9 Å². The Morgan fingerprint density at radius 2 is 2.12 bits per heavy atom. The fraction of sp³-hybridized carbons (Fsp3) is 0.222. The number of carbonyl (C=O) groups excluding carboxylic acids is 1. The summed E-state index contributed by atoms with van der Waals surface area (Å²) in [5, 5.41) is 15.7. The van der Waals surface area contributed by atoms with Crippen molar-refractivity contribution < 1.29 is 14.3 Å². The lowest BCUT2D eigenvalue weighted by molar-refractivity contribution is 0.0945. The third kappa shape index (κ3) is 4.95. The van der Waals surface area contributed by atoms with Crippen molar-refractivity contribution in [1.82, 2.24) is 15.6 Å². The van der Waals surface area contributed by atoms with Crippen LogP contribution in [0.5, 0.6) is 0 Å². The zero-order valence-corrected chi connectivity index (χ0v) is 19.0. The van der Waals surface area contributed by atoms with Gasteiger partial charge in [-0.05, 0) is 46.9 Å². The summed E-state index contributed by atoms with van der Waals surface area (Å²) in [6.45, 7) is 4.73. The second-order valence-electron chi connectivity index (χ2n) is 8.14. The molecule has 0 unspecified atom stereocenters. The van der Waals surface area contributed by atoms with Gasteiger partial charge in [0.15, 0.2) is 0 Å². The number of halogens is 1. The van der Waals surface area contributed by atoms with Crippen LogP contribution in [0.1, 0.15) is 45.2 Å². The van der Waals surface area contributed by atoms with Crippen molar-refractivity contribution in [3.63, 3.8) is 0 Å². The van der Waals surface area contributed by atoms with Crippen LogP contribution in [0.25, 0.3) is 16.8 Å². The van der Waals surface area contributed by atoms with Gasteiger partial charge in [-0.1, -0.05) is 43.0 Å². The van der Waals surface area contributed by atoms with Gasteiger partial charge in [0.25, 0.3) is 5.91 Å². The number of hydrogen-bond donors (Lipinski definition) is 3. The van der Waals surface area contributed by atoms with Crippen LogP contribution in [0.2, 0.25) is 0 Å². The van der Waals surface area contributed by atoms with Crippen molar-refractivity contribution in [2.24, 2.45) is 4.99 Å². The first-order chi connectivity index (χ1) is 16.5. The number of carbonyl (C=O) groups is 1. The van der Waals surface area contributed by atoms with Crippen molar-refractivity contribution >= 4 is 17.7 Å². The van der Waals surface area contributed by atoms with E-state index >= 15 is 0 Å². The van der Waals surface area contributed by atoms with Gasteiger partial charge in [0.1, 0.15) is 11.5 Å². The zero-order valence-electron chi connectivity index (χ0n) is 19.0. The van der Waals surface area contributed by atoms with E-state index in [2.05, 4.69) is 22.2 Å². The van der Waals surface area contributed by atoms with Crippen molar-refractivity contribution in [3.8, 4) is 11.3 Å². The van der Waals surface area contributed by atoms with E-state index in [1.807, 2.05) is 24.3 Å². The Kier molecular flexibility index (Phi) is 7.25. The van der Waals surface area contributed by atoms with Gasteiger partial charge in [0.2, 0.25) is 0 Å². The van der Waals surface area contributed by atoms with Crippen LogP contribution in [0.3, 0.4) is 0 Å². The molecule has 2 heterocycles. The molecule has 0 saturated carbocycles. The molecule has 0 saturated heterocycles. The summed E-state index contributed by atoms with van der Waals surface area (Å²) in [4.78, 5) is 21.8. The molecule has 1 amide bonds. The molecule has 0 fully saturated rings. The first kappa shape index (κ1) is 23.5. The highest BCUT2D eigenvalue weighted by molar-refractivity contribution is 6.09. The van der Waals surface area contributed by atoms with Crippen LogP contribution in [0, 0.1) is 5.82 Å². The van der Waals surface area contributed by atoms with E-state index in [1.54, 1.807) is 37.5 Å². The van der Waals surface area contributed by atoms with Gasteiger partial charge >= 0.3 is 0 Å². The molecule has 0 radical (unpaired) electrons. The van der Waals surface area contributed by atoms with E-state index in [0.717, 1.165) is 27.8 Å². The molecule has 2 aromatic carbocycles. The predicted octanol–water partition coefficient (Wildman–Crippen LogP) is 4.06. The van der Waals surface area contributed by atoms with E-state index in [4.69, 9.17) is 4.98 Å². The van der Waals surface area contributed by atoms with Crippen molar-refractivity contribution in [1.29, 1.82) is 0 Å². The molecule has 6 nitrogen and oxygen atoms in total. The molecule has 1 aliphatic rings. The Labute approximate surface area is 198 Å². The van der Waals surface area contributed by atoms with Gasteiger partial charge in [-0.2, -0.15) is 0 Å². The number of nitrogens with zero attached hydrogens (tertiary/aromatic N) is 2. The normalized spacial score (nSPS) is 14.9. The average molecular weight is 459 g/mol. The summed E-state index contributed by atoms with van der Waals surface area (Å²) in [6, 6.07) is 15.8. The largest absolute Gasteiger partial charge is 0.396 e. The van der Waals surface area contributed by atoms with Crippen LogP contribution < -0.4 is 10.6 Å². The number of benzene rings is 2. The SMILES string of the molecule is C=C(C=NC)c1cccc(-c2nc(C(=O)NCc3ccccc3F)cc3c2[C@@H](CCO)NC3)c1. The number of nitrogens with one attached hydrogen (secondary N) is 2. The monoisotopic (exact) mass is 458 g/mol. The minimum atomic E-state index is -0.378. The van der Waals surface area contributed by atoms with Gasteiger partial charge in [0.05, 0.1) is 5.69 Å². The predicted molar refractivity (Wildman–Crippen MR) is 132 cm³/mol. The van der Waals surface area contributed by atoms with Crippen LogP contribution in [-0.4, -0.2) is 35.9 Å². The first-order valence-electron chi connectivity index (χ1n) is 11.1. The van der Waals surface area contributed by atoms with E-state index in [0.29, 0.717) is 24.2 Å². The Bertz CT molecular complexity index is 1260. The van der Waals surface area contributed by atoms with Crippen LogP contribution in [-0.2, 0) is 13.1 Å². The van der Waals surface area contributed by atoms with Gasteiger partial charge in [-0.25, -0.2) is 9.37 Å². The van der Waals surface area contributed by atoms with Crippen molar-refractivity contribution in [2.45, 2.75) is 25.6 Å². The highest BCUT2D eigenvalue weighted by atomic mass is 19.1. The number of aromatic nitrogens is 1. The van der Waals surface area contributed by atoms with Crippen LogP contribution in [0.4, 0.5) is 4.39 Å². The maximum absolute atomic E-state index is 14.0. The Morgan fingerprint density at radius 1 is 1.29 bits per heavy atom. The Balaban J connectivity index is 1.72. The third-order valence-corrected chi connectivity index (χ3v) is 5.87. The summed E-state index contributed by atoms with van der Waals surface area (Å²) >= 11 is 0. The summed E-state index contributed by atoms with van der Waals surface area (Å²) in [5.74, 6) is -0.745. The summed E-state index contributed by atoms with van der Waals surface area (Å²) in [6.07, 6.45) is 2.23. The maximum Gasteiger partial charge on any atom is 0.270 e. The number of aliphatic hydroxyl groups excluding tert-OH is 1. The molecular formula is C27H27FN4O2. The first-order valence-corrected chi connectivity index (χ1v) is 11.1. The van der Waals surface area contributed by atoms with E-state index < -0.39 is 0 Å². The quantitative estimate of drug-likeness (QED) is 0.445. The number of aliphatic imine (C=N–C) groups is 1. The average Bonchev–Trinajstić information content (AvgIpc) is 3.26. The molecule has 7 heteroatoms. The molecule has 4 rings (SSSR count). The fourth-order valence-electron chi connectivity index (χ4n) is 4.19. The number of allylic oxidation sites excluding steroid dienone is 1. The number of rotatable bonds is 8. The van der Waals surface area contributed by atoms with Gasteiger partial charge in [0, 0.05) is 50.1 Å². The Morgan fingerprint density at radius 3 is 2.88 bits per heavy atom. The molecule has 3 N–H and O–H groups in total.